The molecule has 0 bridgehead atoms. The fourth-order valence-corrected chi connectivity index (χ4v) is 2.81. The van der Waals surface area contributed by atoms with Crippen molar-refractivity contribution in [2.24, 2.45) is 0 Å². The number of hydrogen-bond donors (Lipinski definition) is 1. The summed E-state index contributed by atoms with van der Waals surface area (Å²) in [6, 6.07) is 3.73. The number of halogens is 1. The molecule has 0 spiro atoms. The molecule has 1 saturated heterocycles. The van der Waals surface area contributed by atoms with Gasteiger partial charge < -0.3 is 14.8 Å². The number of carbonyl (C=O) groups is 1. The molecule has 1 fully saturated rings. The van der Waals surface area contributed by atoms with Crippen molar-refractivity contribution in [2.75, 3.05) is 26.3 Å². The summed E-state index contributed by atoms with van der Waals surface area (Å²) in [5, 5.41) is 3.82. The van der Waals surface area contributed by atoms with Crippen LogP contribution in [-0.4, -0.2) is 38.2 Å². The van der Waals surface area contributed by atoms with Crippen LogP contribution in [0.3, 0.4) is 0 Å². The molecule has 0 radical (unpaired) electrons. The van der Waals surface area contributed by atoms with Gasteiger partial charge in [0.15, 0.2) is 5.78 Å². The number of ether oxygens (including phenoxy) is 2. The maximum atomic E-state index is 12.2. The van der Waals surface area contributed by atoms with Gasteiger partial charge >= 0.3 is 0 Å². The highest BCUT2D eigenvalue weighted by molar-refractivity contribution is 6.30. The highest BCUT2D eigenvalue weighted by atomic mass is 35.5. The third-order valence-electron chi connectivity index (χ3n) is 3.48. The molecule has 102 valence electrons. The Morgan fingerprint density at radius 3 is 3.11 bits per heavy atom. The van der Waals surface area contributed by atoms with Crippen LogP contribution in [0, 0.1) is 0 Å². The van der Waals surface area contributed by atoms with E-state index in [0.29, 0.717) is 31.2 Å². The Kier molecular flexibility index (Phi) is 3.73. The van der Waals surface area contributed by atoms with Crippen molar-refractivity contribution in [3.63, 3.8) is 0 Å². The van der Waals surface area contributed by atoms with Crippen molar-refractivity contribution in [1.82, 2.24) is 5.32 Å². The van der Waals surface area contributed by atoms with E-state index in [-0.39, 0.29) is 11.9 Å². The van der Waals surface area contributed by atoms with E-state index in [1.165, 1.54) is 0 Å². The highest BCUT2D eigenvalue weighted by Crippen LogP contribution is 2.33. The minimum atomic E-state index is -0.357. The second-order valence-electron chi connectivity index (χ2n) is 4.86. The van der Waals surface area contributed by atoms with Crippen molar-refractivity contribution in [2.45, 2.75) is 18.9 Å². The molecule has 1 N–H and O–H groups in total. The lowest BCUT2D eigenvalue weighted by atomic mass is 10.0. The Bertz CT molecular complexity index is 498. The second-order valence-corrected chi connectivity index (χ2v) is 5.29. The summed E-state index contributed by atoms with van der Waals surface area (Å²) < 4.78 is 11.1. The lowest BCUT2D eigenvalue weighted by Crippen LogP contribution is -2.43. The van der Waals surface area contributed by atoms with Crippen molar-refractivity contribution in [3.8, 4) is 5.75 Å². The average molecular weight is 282 g/mol. The summed E-state index contributed by atoms with van der Waals surface area (Å²) in [4.78, 5) is 12.2. The van der Waals surface area contributed by atoms with Gasteiger partial charge in [-0.1, -0.05) is 11.6 Å². The van der Waals surface area contributed by atoms with Gasteiger partial charge in [0.05, 0.1) is 13.2 Å². The fourth-order valence-electron chi connectivity index (χ4n) is 2.55. The van der Waals surface area contributed by atoms with Gasteiger partial charge in [0.2, 0.25) is 0 Å². The van der Waals surface area contributed by atoms with Crippen LogP contribution < -0.4 is 10.1 Å². The monoisotopic (exact) mass is 281 g/mol. The van der Waals surface area contributed by atoms with Gasteiger partial charge in [-0.2, -0.15) is 0 Å². The maximum Gasteiger partial charge on any atom is 0.167 e. The second kappa shape index (κ2) is 5.49. The lowest BCUT2D eigenvalue weighted by molar-refractivity contribution is -0.131. The number of fused-ring (bicyclic) bond motifs is 1. The molecule has 0 saturated carbocycles. The van der Waals surface area contributed by atoms with E-state index in [2.05, 4.69) is 5.32 Å². The van der Waals surface area contributed by atoms with Crippen LogP contribution in [0.2, 0.25) is 5.02 Å². The predicted molar refractivity (Wildman–Crippen MR) is 72.0 cm³/mol. The van der Waals surface area contributed by atoms with Crippen molar-refractivity contribution in [1.29, 1.82) is 0 Å². The Morgan fingerprint density at radius 1 is 1.42 bits per heavy atom. The summed E-state index contributed by atoms with van der Waals surface area (Å²) in [6.07, 6.45) is 0.818. The van der Waals surface area contributed by atoms with Crippen molar-refractivity contribution in [3.05, 3.63) is 28.3 Å². The van der Waals surface area contributed by atoms with Crippen molar-refractivity contribution >= 4 is 17.4 Å². The zero-order valence-corrected chi connectivity index (χ0v) is 11.3. The molecule has 0 amide bonds. The summed E-state index contributed by atoms with van der Waals surface area (Å²) in [5.74, 6) is 0.911. The zero-order chi connectivity index (χ0) is 13.2. The molecule has 1 atom stereocenters. The molecule has 2 aliphatic rings. The first-order valence-electron chi connectivity index (χ1n) is 6.53. The van der Waals surface area contributed by atoms with Crippen LogP contribution in [0.15, 0.2) is 12.1 Å². The minimum absolute atomic E-state index is 0.0761. The Labute approximate surface area is 117 Å². The average Bonchev–Trinajstić information content (AvgIpc) is 2.88. The summed E-state index contributed by atoms with van der Waals surface area (Å²) in [6.45, 7) is 2.64. The molecule has 0 aromatic heterocycles. The van der Waals surface area contributed by atoms with Gasteiger partial charge in [-0.25, -0.2) is 0 Å². The quantitative estimate of drug-likeness (QED) is 0.909. The van der Waals surface area contributed by atoms with Crippen molar-refractivity contribution < 1.29 is 14.3 Å². The first-order valence-corrected chi connectivity index (χ1v) is 6.91. The summed E-state index contributed by atoms with van der Waals surface area (Å²) in [7, 11) is 0. The number of rotatable bonds is 3. The van der Waals surface area contributed by atoms with Crippen LogP contribution in [-0.2, 0) is 22.4 Å². The molecular weight excluding hydrogens is 266 g/mol. The van der Waals surface area contributed by atoms with E-state index in [4.69, 9.17) is 21.1 Å². The number of morpholine rings is 1. The minimum Gasteiger partial charge on any atom is -0.493 e. The van der Waals surface area contributed by atoms with Gasteiger partial charge in [-0.15, -0.1) is 0 Å². The molecule has 1 aromatic rings. The topological polar surface area (TPSA) is 47.6 Å². The molecule has 1 aromatic carbocycles. The first kappa shape index (κ1) is 12.9. The molecule has 4 nitrogen and oxygen atoms in total. The third-order valence-corrected chi connectivity index (χ3v) is 3.69. The van der Waals surface area contributed by atoms with Gasteiger partial charge in [0, 0.05) is 36.5 Å². The number of nitrogens with one attached hydrogen (secondary N) is 1. The normalized spacial score (nSPS) is 21.8. The van der Waals surface area contributed by atoms with Gasteiger partial charge in [-0.3, -0.25) is 4.79 Å². The van der Waals surface area contributed by atoms with E-state index < -0.39 is 0 Å². The Morgan fingerprint density at radius 2 is 2.32 bits per heavy atom. The first-order chi connectivity index (χ1) is 9.24. The van der Waals surface area contributed by atoms with Crippen LogP contribution >= 0.6 is 11.6 Å². The molecule has 2 heterocycles. The van der Waals surface area contributed by atoms with Crippen LogP contribution in [0.1, 0.15) is 11.1 Å². The molecule has 5 heteroatoms. The van der Waals surface area contributed by atoms with Crippen LogP contribution in [0.4, 0.5) is 0 Å². The number of carbonyl (C=O) groups excluding carboxylic acids is 1. The standard InChI is InChI=1S/C14H16ClNO3/c15-11-5-9-1-3-19-14(9)10(6-11)7-12(17)13-8-16-2-4-18-13/h5-6,13,16H,1-4,7-8H2. The number of Topliss-reactive ketones (excluding diaryl/α,β-unsaturated/α-hetero) is 1. The highest BCUT2D eigenvalue weighted by Gasteiger charge is 2.25. The van der Waals surface area contributed by atoms with E-state index in [0.717, 1.165) is 29.8 Å². The van der Waals surface area contributed by atoms with E-state index in [9.17, 15) is 4.79 Å². The third kappa shape index (κ3) is 2.76. The Hall–Kier alpha value is -1.10. The van der Waals surface area contributed by atoms with Gasteiger partial charge in [-0.05, 0) is 17.7 Å². The summed E-state index contributed by atoms with van der Waals surface area (Å²) in [5.41, 5.74) is 1.97. The zero-order valence-electron chi connectivity index (χ0n) is 10.6. The van der Waals surface area contributed by atoms with Crippen LogP contribution in [0.25, 0.3) is 0 Å². The largest absolute Gasteiger partial charge is 0.493 e. The van der Waals surface area contributed by atoms with E-state index in [1.807, 2.05) is 12.1 Å². The van der Waals surface area contributed by atoms with E-state index in [1.54, 1.807) is 0 Å². The molecular formula is C14H16ClNO3. The number of ketones is 1. The fraction of sp³-hybridized carbons (Fsp3) is 0.500. The molecule has 1 unspecified atom stereocenters. The molecule has 3 rings (SSSR count). The van der Waals surface area contributed by atoms with E-state index >= 15 is 0 Å². The molecule has 0 aliphatic carbocycles. The predicted octanol–water partition coefficient (Wildman–Crippen LogP) is 1.37. The summed E-state index contributed by atoms with van der Waals surface area (Å²) >= 11 is 6.09. The lowest BCUT2D eigenvalue weighted by Gasteiger charge is -2.22. The SMILES string of the molecule is O=C(Cc1cc(Cl)cc2c1OCC2)C1CNCCO1. The number of benzene rings is 1. The molecule has 19 heavy (non-hydrogen) atoms. The smallest absolute Gasteiger partial charge is 0.167 e. The number of hydrogen-bond acceptors (Lipinski definition) is 4. The Balaban J connectivity index is 1.77. The van der Waals surface area contributed by atoms with Gasteiger partial charge in [0.1, 0.15) is 11.9 Å². The molecule has 2 aliphatic heterocycles. The maximum absolute atomic E-state index is 12.2. The van der Waals surface area contributed by atoms with Crippen LogP contribution in [0.5, 0.6) is 5.75 Å². The van der Waals surface area contributed by atoms with Gasteiger partial charge in [0.25, 0.3) is 0 Å².